The summed E-state index contributed by atoms with van der Waals surface area (Å²) in [5.41, 5.74) is 6.59. The van der Waals surface area contributed by atoms with E-state index in [0.717, 1.165) is 97.6 Å². The first-order valence-electron chi connectivity index (χ1n) is 16.5. The monoisotopic (exact) mass is 614 g/mol. The molecule has 9 nitrogen and oxygen atoms in total. The lowest BCUT2D eigenvalue weighted by molar-refractivity contribution is 0.0950. The van der Waals surface area contributed by atoms with Crippen LogP contribution >= 0.6 is 0 Å². The molecule has 0 atom stereocenters. The molecule has 1 aromatic carbocycles. The van der Waals surface area contributed by atoms with Crippen molar-refractivity contribution in [2.75, 3.05) is 43.5 Å². The van der Waals surface area contributed by atoms with E-state index in [1.54, 1.807) is 0 Å². The van der Waals surface area contributed by atoms with Gasteiger partial charge in [0.15, 0.2) is 0 Å². The summed E-state index contributed by atoms with van der Waals surface area (Å²) in [5.74, 6) is 0.710. The molecule has 3 N–H and O–H groups in total. The van der Waals surface area contributed by atoms with Crippen molar-refractivity contribution < 1.29 is 9.90 Å². The second-order valence-corrected chi connectivity index (χ2v) is 13.1. The second-order valence-electron chi connectivity index (χ2n) is 13.1. The maximum absolute atomic E-state index is 13.9. The first kappa shape index (κ1) is 32.7. The second kappa shape index (κ2) is 14.2. The van der Waals surface area contributed by atoms with Gasteiger partial charge in [-0.25, -0.2) is 4.98 Å². The maximum Gasteiger partial charge on any atom is 0.253 e. The number of anilines is 2. The number of H-pyrrole nitrogens is 1. The molecule has 1 aliphatic heterocycles. The number of nitrogens with one attached hydrogen (secondary N) is 2. The Hall–Kier alpha value is -3.69. The van der Waals surface area contributed by atoms with Gasteiger partial charge in [0.25, 0.3) is 11.5 Å². The standard InChI is InChI=1S/C36H50N6O3/c1-7-42(29-11-9-28(10-12-29)40(5)6)33-20-27(26-8-13-34(37-21-26)41-16-14-30(43)15-17-41)19-31(25(33)4)35(44)38-22-32-23(2)18-24(3)39-36(32)45/h8,13,18-21,28-30,43H,7,9-12,14-17,22H2,1-6H3,(H,38,44)(H,39,45). The van der Waals surface area contributed by atoms with Crippen LogP contribution in [0.4, 0.5) is 11.5 Å². The highest BCUT2D eigenvalue weighted by Gasteiger charge is 2.29. The van der Waals surface area contributed by atoms with Gasteiger partial charge in [0.2, 0.25) is 0 Å². The summed E-state index contributed by atoms with van der Waals surface area (Å²) >= 11 is 0. The van der Waals surface area contributed by atoms with E-state index in [0.29, 0.717) is 23.2 Å². The molecule has 1 amide bonds. The molecule has 0 radical (unpaired) electrons. The van der Waals surface area contributed by atoms with Crippen molar-refractivity contribution in [3.63, 3.8) is 0 Å². The van der Waals surface area contributed by atoms with E-state index < -0.39 is 0 Å². The van der Waals surface area contributed by atoms with Crippen molar-refractivity contribution in [1.29, 1.82) is 0 Å². The van der Waals surface area contributed by atoms with Gasteiger partial charge in [-0.2, -0.15) is 0 Å². The third kappa shape index (κ3) is 7.42. The van der Waals surface area contributed by atoms with E-state index in [4.69, 9.17) is 4.98 Å². The molecule has 3 aromatic rings. The van der Waals surface area contributed by atoms with E-state index >= 15 is 0 Å². The fourth-order valence-corrected chi connectivity index (χ4v) is 7.12. The Morgan fingerprint density at radius 2 is 1.69 bits per heavy atom. The molecule has 0 bridgehead atoms. The molecule has 2 aromatic heterocycles. The number of piperidine rings is 1. The SMILES string of the molecule is CCN(c1cc(-c2ccc(N3CCC(O)CC3)nc2)cc(C(=O)NCc2c(C)cc(C)[nH]c2=O)c1C)C1CCC(N(C)C)CC1. The Balaban J connectivity index is 1.48. The summed E-state index contributed by atoms with van der Waals surface area (Å²) in [7, 11) is 4.34. The fraction of sp³-hybridized carbons (Fsp3) is 0.528. The van der Waals surface area contributed by atoms with E-state index in [1.807, 2.05) is 45.2 Å². The van der Waals surface area contributed by atoms with Crippen LogP contribution in [0.5, 0.6) is 0 Å². The van der Waals surface area contributed by atoms with Gasteiger partial charge in [0.1, 0.15) is 5.82 Å². The summed E-state index contributed by atoms with van der Waals surface area (Å²) in [5, 5.41) is 13.0. The van der Waals surface area contributed by atoms with Gasteiger partial charge >= 0.3 is 0 Å². The van der Waals surface area contributed by atoms with Gasteiger partial charge in [-0.1, -0.05) is 0 Å². The minimum atomic E-state index is -0.233. The Morgan fingerprint density at radius 3 is 2.29 bits per heavy atom. The molecule has 0 unspecified atom stereocenters. The van der Waals surface area contributed by atoms with E-state index in [2.05, 4.69) is 58.2 Å². The highest BCUT2D eigenvalue weighted by molar-refractivity contribution is 5.99. The average Bonchev–Trinajstić information content (AvgIpc) is 3.02. The molecule has 45 heavy (non-hydrogen) atoms. The highest BCUT2D eigenvalue weighted by Crippen LogP contribution is 2.36. The van der Waals surface area contributed by atoms with Crippen LogP contribution in [0.15, 0.2) is 41.3 Å². The third-order valence-corrected chi connectivity index (χ3v) is 9.90. The van der Waals surface area contributed by atoms with E-state index in [-0.39, 0.29) is 24.1 Å². The number of aliphatic hydroxyl groups is 1. The minimum Gasteiger partial charge on any atom is -0.393 e. The Morgan fingerprint density at radius 1 is 1.00 bits per heavy atom. The topological polar surface area (TPSA) is 105 Å². The number of aryl methyl sites for hydroxylation is 2. The number of nitrogens with zero attached hydrogens (tertiary/aromatic N) is 4. The smallest absolute Gasteiger partial charge is 0.253 e. The van der Waals surface area contributed by atoms with Gasteiger partial charge in [-0.15, -0.1) is 0 Å². The third-order valence-electron chi connectivity index (χ3n) is 9.90. The van der Waals surface area contributed by atoms with E-state index in [9.17, 15) is 14.7 Å². The van der Waals surface area contributed by atoms with Crippen molar-refractivity contribution in [3.8, 4) is 11.1 Å². The number of hydrogen-bond donors (Lipinski definition) is 3. The zero-order chi connectivity index (χ0) is 32.2. The Labute approximate surface area is 267 Å². The first-order chi connectivity index (χ1) is 21.5. The zero-order valence-corrected chi connectivity index (χ0v) is 27.8. The highest BCUT2D eigenvalue weighted by atomic mass is 16.3. The molecule has 3 heterocycles. The van der Waals surface area contributed by atoms with Crippen LogP contribution in [0.3, 0.4) is 0 Å². The number of aromatic nitrogens is 2. The number of amides is 1. The van der Waals surface area contributed by atoms with Crippen LogP contribution in [-0.2, 0) is 6.54 Å². The minimum absolute atomic E-state index is 0.159. The van der Waals surface area contributed by atoms with Crippen molar-refractivity contribution in [3.05, 3.63) is 74.8 Å². The van der Waals surface area contributed by atoms with Crippen LogP contribution in [0, 0.1) is 20.8 Å². The van der Waals surface area contributed by atoms with Gasteiger partial charge in [-0.3, -0.25) is 9.59 Å². The molecule has 2 aliphatic rings. The fourth-order valence-electron chi connectivity index (χ4n) is 7.12. The van der Waals surface area contributed by atoms with Crippen LogP contribution in [0.2, 0.25) is 0 Å². The Kier molecular flexibility index (Phi) is 10.3. The van der Waals surface area contributed by atoms with Gasteiger partial charge < -0.3 is 30.1 Å². The molecule has 242 valence electrons. The number of carbonyl (C=O) groups excluding carboxylic acids is 1. The summed E-state index contributed by atoms with van der Waals surface area (Å²) < 4.78 is 0. The first-order valence-corrected chi connectivity index (χ1v) is 16.5. The summed E-state index contributed by atoms with van der Waals surface area (Å²) in [6.07, 6.45) is 7.69. The molecule has 1 saturated carbocycles. The van der Waals surface area contributed by atoms with Crippen molar-refractivity contribution in [1.82, 2.24) is 20.2 Å². The van der Waals surface area contributed by atoms with Crippen molar-refractivity contribution in [2.24, 2.45) is 0 Å². The van der Waals surface area contributed by atoms with Crippen LogP contribution in [-0.4, -0.2) is 77.8 Å². The molecule has 9 heteroatoms. The lowest BCUT2D eigenvalue weighted by atomic mass is 9.88. The van der Waals surface area contributed by atoms with Gasteiger partial charge in [-0.05, 0) is 127 Å². The zero-order valence-electron chi connectivity index (χ0n) is 27.8. The maximum atomic E-state index is 13.9. The lowest BCUT2D eigenvalue weighted by Gasteiger charge is -2.40. The summed E-state index contributed by atoms with van der Waals surface area (Å²) in [6.45, 7) is 10.6. The van der Waals surface area contributed by atoms with Gasteiger partial charge in [0.05, 0.1) is 6.10 Å². The predicted molar refractivity (Wildman–Crippen MR) is 182 cm³/mol. The van der Waals surface area contributed by atoms with E-state index in [1.165, 1.54) is 0 Å². The molecular weight excluding hydrogens is 564 g/mol. The number of carbonyl (C=O) groups is 1. The molecule has 1 aliphatic carbocycles. The molecule has 2 fully saturated rings. The summed E-state index contributed by atoms with van der Waals surface area (Å²) in [6, 6.07) is 11.2. The number of aromatic amines is 1. The van der Waals surface area contributed by atoms with Crippen molar-refractivity contribution in [2.45, 2.75) is 91.0 Å². The largest absolute Gasteiger partial charge is 0.393 e. The predicted octanol–water partition coefficient (Wildman–Crippen LogP) is 4.95. The van der Waals surface area contributed by atoms with Gasteiger partial charge in [0, 0.05) is 72.5 Å². The number of aliphatic hydroxyl groups excluding tert-OH is 1. The normalized spacial score (nSPS) is 19.2. The average molecular weight is 615 g/mol. The number of rotatable bonds is 9. The molecule has 1 saturated heterocycles. The molecular formula is C36H50N6O3. The molecule has 5 rings (SSSR count). The van der Waals surface area contributed by atoms with Crippen LogP contribution < -0.4 is 20.7 Å². The van der Waals surface area contributed by atoms with Crippen LogP contribution in [0.1, 0.15) is 78.2 Å². The Bertz CT molecular complexity index is 1530. The number of pyridine rings is 2. The lowest BCUT2D eigenvalue weighted by Crippen LogP contribution is -2.42. The number of benzene rings is 1. The quantitative estimate of drug-likeness (QED) is 0.313. The summed E-state index contributed by atoms with van der Waals surface area (Å²) in [4.78, 5) is 41.2. The number of hydrogen-bond acceptors (Lipinski definition) is 7. The molecule has 0 spiro atoms. The van der Waals surface area contributed by atoms with Crippen molar-refractivity contribution >= 4 is 17.4 Å². The van der Waals surface area contributed by atoms with Crippen LogP contribution in [0.25, 0.3) is 11.1 Å².